The van der Waals surface area contributed by atoms with Gasteiger partial charge in [0.1, 0.15) is 0 Å². The summed E-state index contributed by atoms with van der Waals surface area (Å²) in [6, 6.07) is 5.35. The molecule has 11 heteroatoms. The number of hydrogen-bond donors (Lipinski definition) is 1. The lowest BCUT2D eigenvalue weighted by Crippen LogP contribution is -2.47. The Kier molecular flexibility index (Phi) is 8.26. The number of nitrogens with zero attached hydrogens (tertiary/aromatic N) is 4. The molecule has 3 rings (SSSR count). The van der Waals surface area contributed by atoms with E-state index in [1.165, 1.54) is 24.5 Å². The van der Waals surface area contributed by atoms with Crippen LogP contribution >= 0.6 is 0 Å². The van der Waals surface area contributed by atoms with E-state index in [2.05, 4.69) is 9.62 Å². The molecule has 1 saturated carbocycles. The highest BCUT2D eigenvalue weighted by molar-refractivity contribution is 7.87. The summed E-state index contributed by atoms with van der Waals surface area (Å²) in [5, 5.41) is 9.10. The first-order valence-electron chi connectivity index (χ1n) is 11.3. The van der Waals surface area contributed by atoms with Gasteiger partial charge in [-0.25, -0.2) is 0 Å². The third kappa shape index (κ3) is 7.06. The summed E-state index contributed by atoms with van der Waals surface area (Å²) in [7, 11) is -0.364. The van der Waals surface area contributed by atoms with E-state index in [0.29, 0.717) is 24.7 Å². The summed E-state index contributed by atoms with van der Waals surface area (Å²) >= 11 is 0. The predicted octanol–water partition coefficient (Wildman–Crippen LogP) is 3.04. The van der Waals surface area contributed by atoms with Gasteiger partial charge in [-0.15, -0.1) is 0 Å². The number of nitriles is 1. The first-order valence-corrected chi connectivity index (χ1v) is 12.7. The number of rotatable bonds is 7. The fourth-order valence-corrected chi connectivity index (χ4v) is 5.37. The average Bonchev–Trinajstić information content (AvgIpc) is 2.77. The molecule has 0 amide bonds. The molecule has 33 heavy (non-hydrogen) atoms. The molecule has 184 valence electrons. The molecule has 1 aromatic carbocycles. The van der Waals surface area contributed by atoms with E-state index in [4.69, 9.17) is 5.26 Å². The summed E-state index contributed by atoms with van der Waals surface area (Å²) < 4.78 is 67.4. The van der Waals surface area contributed by atoms with E-state index >= 15 is 0 Å². The minimum absolute atomic E-state index is 0.0111. The van der Waals surface area contributed by atoms with Crippen LogP contribution in [0.1, 0.15) is 43.2 Å². The molecule has 0 spiro atoms. The molecule has 0 radical (unpaired) electrons. The van der Waals surface area contributed by atoms with E-state index in [0.717, 1.165) is 63.9 Å². The van der Waals surface area contributed by atoms with Gasteiger partial charge >= 0.3 is 6.18 Å². The van der Waals surface area contributed by atoms with Crippen molar-refractivity contribution in [2.45, 2.75) is 44.3 Å². The van der Waals surface area contributed by atoms with Crippen molar-refractivity contribution in [3.63, 3.8) is 0 Å². The van der Waals surface area contributed by atoms with Crippen LogP contribution in [0.15, 0.2) is 18.2 Å². The van der Waals surface area contributed by atoms with Gasteiger partial charge in [0.2, 0.25) is 0 Å². The van der Waals surface area contributed by atoms with Crippen LogP contribution in [0.5, 0.6) is 0 Å². The first-order chi connectivity index (χ1) is 15.5. The van der Waals surface area contributed by atoms with E-state index in [-0.39, 0.29) is 11.6 Å². The van der Waals surface area contributed by atoms with Crippen molar-refractivity contribution in [2.24, 2.45) is 5.92 Å². The second kappa shape index (κ2) is 10.6. The summed E-state index contributed by atoms with van der Waals surface area (Å²) in [5.74, 6) is 0.560. The van der Waals surface area contributed by atoms with E-state index in [9.17, 15) is 21.6 Å². The molecule has 0 aromatic heterocycles. The summed E-state index contributed by atoms with van der Waals surface area (Å²) in [6.45, 7) is 3.68. The van der Waals surface area contributed by atoms with Crippen LogP contribution in [-0.2, 0) is 16.4 Å². The number of anilines is 1. The average molecular weight is 488 g/mol. The van der Waals surface area contributed by atoms with Gasteiger partial charge in [0.05, 0.1) is 17.2 Å². The van der Waals surface area contributed by atoms with Crippen LogP contribution in [0, 0.1) is 17.2 Å². The molecular formula is C22H32F3N5O2S. The Labute approximate surface area is 194 Å². The molecule has 1 aliphatic carbocycles. The number of halogens is 3. The zero-order chi connectivity index (χ0) is 24.2. The zero-order valence-corrected chi connectivity index (χ0v) is 19.9. The highest BCUT2D eigenvalue weighted by atomic mass is 32.2. The van der Waals surface area contributed by atoms with Crippen LogP contribution in [0.4, 0.5) is 18.9 Å². The van der Waals surface area contributed by atoms with Gasteiger partial charge in [-0.3, -0.25) is 4.90 Å². The third-order valence-corrected chi connectivity index (χ3v) is 8.20. The minimum atomic E-state index is -4.48. The SMILES string of the molecule is CN(C)S(=O)(=O)N[C@H]1CC[C@H](CCN2CCN(c3cc(C#N)cc(C(F)(F)F)c3)CC2)CC1. The molecule has 0 unspecified atom stereocenters. The van der Waals surface area contributed by atoms with Gasteiger partial charge in [0, 0.05) is 52.0 Å². The molecule has 1 aromatic rings. The smallest absolute Gasteiger partial charge is 0.369 e. The fraction of sp³-hybridized carbons (Fsp3) is 0.682. The second-order valence-corrected chi connectivity index (χ2v) is 11.0. The molecule has 1 heterocycles. The number of piperazine rings is 1. The topological polar surface area (TPSA) is 79.7 Å². The van der Waals surface area contributed by atoms with Crippen LogP contribution in [0.2, 0.25) is 0 Å². The lowest BCUT2D eigenvalue weighted by atomic mass is 9.84. The number of nitrogens with one attached hydrogen (secondary N) is 1. The fourth-order valence-electron chi connectivity index (χ4n) is 4.50. The predicted molar refractivity (Wildman–Crippen MR) is 121 cm³/mol. The maximum atomic E-state index is 13.2. The van der Waals surface area contributed by atoms with Crippen molar-refractivity contribution in [1.82, 2.24) is 13.9 Å². The maximum Gasteiger partial charge on any atom is 0.416 e. The lowest BCUT2D eigenvalue weighted by Gasteiger charge is -2.37. The minimum Gasteiger partial charge on any atom is -0.369 e. The van der Waals surface area contributed by atoms with Gasteiger partial charge in [-0.1, -0.05) is 0 Å². The molecule has 1 N–H and O–H groups in total. The number of alkyl halides is 3. The summed E-state index contributed by atoms with van der Waals surface area (Å²) in [5.41, 5.74) is -0.326. The molecule has 2 aliphatic rings. The van der Waals surface area contributed by atoms with Gasteiger partial charge in [0.15, 0.2) is 0 Å². The highest BCUT2D eigenvalue weighted by Crippen LogP contribution is 2.33. The molecule has 1 saturated heterocycles. The van der Waals surface area contributed by atoms with Gasteiger partial charge in [-0.2, -0.15) is 35.9 Å². The van der Waals surface area contributed by atoms with E-state index in [1.54, 1.807) is 0 Å². The first kappa shape index (κ1) is 25.7. The monoisotopic (exact) mass is 487 g/mol. The van der Waals surface area contributed by atoms with Crippen LogP contribution in [-0.4, -0.2) is 70.5 Å². The van der Waals surface area contributed by atoms with E-state index in [1.807, 2.05) is 11.0 Å². The lowest BCUT2D eigenvalue weighted by molar-refractivity contribution is -0.137. The number of benzene rings is 1. The highest BCUT2D eigenvalue weighted by Gasteiger charge is 2.32. The van der Waals surface area contributed by atoms with Crippen molar-refractivity contribution in [1.29, 1.82) is 5.26 Å². The maximum absolute atomic E-state index is 13.2. The van der Waals surface area contributed by atoms with Crippen molar-refractivity contribution in [3.05, 3.63) is 29.3 Å². The summed E-state index contributed by atoms with van der Waals surface area (Å²) in [4.78, 5) is 4.24. The Bertz CT molecular complexity index is 946. The van der Waals surface area contributed by atoms with E-state index < -0.39 is 21.9 Å². The van der Waals surface area contributed by atoms with Gasteiger partial charge in [-0.05, 0) is 62.8 Å². The Morgan fingerprint density at radius 2 is 1.73 bits per heavy atom. The van der Waals surface area contributed by atoms with Gasteiger partial charge < -0.3 is 4.90 Å². The normalized spacial score (nSPS) is 23.0. The van der Waals surface area contributed by atoms with Crippen LogP contribution in [0.25, 0.3) is 0 Å². The Hall–Kier alpha value is -1.87. The molecule has 0 bridgehead atoms. The summed E-state index contributed by atoms with van der Waals surface area (Å²) in [6.07, 6.45) is 0.206. The van der Waals surface area contributed by atoms with Crippen LogP contribution in [0.3, 0.4) is 0 Å². The van der Waals surface area contributed by atoms with Crippen molar-refractivity contribution in [3.8, 4) is 6.07 Å². The van der Waals surface area contributed by atoms with Crippen molar-refractivity contribution >= 4 is 15.9 Å². The standard InChI is InChI=1S/C22H32F3N5O2S/c1-28(2)33(31,32)27-20-5-3-17(4-6-20)7-8-29-9-11-30(12-10-29)21-14-18(16-26)13-19(15-21)22(23,24)25/h13-15,17,20,27H,3-12H2,1-2H3/t17-,20-. The third-order valence-electron chi connectivity index (χ3n) is 6.61. The molecular weight excluding hydrogens is 455 g/mol. The molecule has 7 nitrogen and oxygen atoms in total. The number of hydrogen-bond acceptors (Lipinski definition) is 5. The quantitative estimate of drug-likeness (QED) is 0.640. The molecule has 2 fully saturated rings. The van der Waals surface area contributed by atoms with Crippen molar-refractivity contribution in [2.75, 3.05) is 51.7 Å². The molecule has 1 aliphatic heterocycles. The Morgan fingerprint density at radius 3 is 2.27 bits per heavy atom. The second-order valence-electron chi connectivity index (χ2n) is 9.12. The Morgan fingerprint density at radius 1 is 1.09 bits per heavy atom. The zero-order valence-electron chi connectivity index (χ0n) is 19.1. The van der Waals surface area contributed by atoms with Crippen LogP contribution < -0.4 is 9.62 Å². The van der Waals surface area contributed by atoms with Crippen molar-refractivity contribution < 1.29 is 21.6 Å². The largest absolute Gasteiger partial charge is 0.416 e. The molecule has 0 atom stereocenters. The Balaban J connectivity index is 1.44. The van der Waals surface area contributed by atoms with Gasteiger partial charge in [0.25, 0.3) is 10.2 Å².